The zero-order valence-electron chi connectivity index (χ0n) is 15.5. The van der Waals surface area contributed by atoms with E-state index in [-0.39, 0.29) is 6.04 Å². The average molecular weight is 370 g/mol. The Hall–Kier alpha value is -2.27. The van der Waals surface area contributed by atoms with Crippen molar-refractivity contribution in [3.8, 4) is 5.75 Å². The molecule has 0 radical (unpaired) electrons. The zero-order valence-corrected chi connectivity index (χ0v) is 16.3. The van der Waals surface area contributed by atoms with E-state index in [4.69, 9.17) is 17.0 Å². The molecular formula is C21H27N3OS. The molecule has 0 aliphatic carbocycles. The summed E-state index contributed by atoms with van der Waals surface area (Å²) in [4.78, 5) is 2.47. The predicted molar refractivity (Wildman–Crippen MR) is 113 cm³/mol. The first kappa shape index (κ1) is 18.5. The van der Waals surface area contributed by atoms with Crippen molar-refractivity contribution in [3.63, 3.8) is 0 Å². The van der Waals surface area contributed by atoms with Crippen LogP contribution in [0.15, 0.2) is 48.5 Å². The number of benzene rings is 2. The van der Waals surface area contributed by atoms with Crippen LogP contribution in [0.3, 0.4) is 0 Å². The van der Waals surface area contributed by atoms with Crippen molar-refractivity contribution in [3.05, 3.63) is 54.1 Å². The van der Waals surface area contributed by atoms with Gasteiger partial charge in [-0.1, -0.05) is 18.2 Å². The molecule has 1 fully saturated rings. The molecule has 5 heteroatoms. The molecule has 2 aromatic rings. The van der Waals surface area contributed by atoms with Gasteiger partial charge >= 0.3 is 0 Å². The maximum atomic E-state index is 5.45. The minimum atomic E-state index is 0.135. The van der Waals surface area contributed by atoms with E-state index in [1.54, 1.807) is 7.11 Å². The first-order valence-electron chi connectivity index (χ1n) is 9.22. The van der Waals surface area contributed by atoms with Gasteiger partial charge in [0.15, 0.2) is 5.11 Å². The van der Waals surface area contributed by atoms with Crippen LogP contribution in [0.2, 0.25) is 0 Å². The van der Waals surface area contributed by atoms with Gasteiger partial charge in [-0.05, 0) is 68.2 Å². The highest BCUT2D eigenvalue weighted by Crippen LogP contribution is 2.23. The van der Waals surface area contributed by atoms with Crippen molar-refractivity contribution >= 4 is 28.7 Å². The lowest BCUT2D eigenvalue weighted by Crippen LogP contribution is -2.31. The molecule has 2 N–H and O–H groups in total. The summed E-state index contributed by atoms with van der Waals surface area (Å²) in [6.07, 6.45) is 3.95. The summed E-state index contributed by atoms with van der Waals surface area (Å²) in [6, 6.07) is 16.7. The lowest BCUT2D eigenvalue weighted by atomic mass is 10.1. The number of anilines is 2. The topological polar surface area (TPSA) is 36.5 Å². The van der Waals surface area contributed by atoms with Gasteiger partial charge in [-0.25, -0.2) is 0 Å². The molecule has 1 saturated heterocycles. The Bertz CT molecular complexity index is 726. The Balaban J connectivity index is 1.56. The standard InChI is InChI=1S/C21H27N3OS/c1-16(22-21(26)23-18-7-6-8-20(15-18)25-2)17-9-11-19(12-10-17)24-13-4-3-5-14-24/h6-12,15-16H,3-5,13-14H2,1-2H3,(H2,22,23,26)/t16-/m1/s1. The fourth-order valence-corrected chi connectivity index (χ4v) is 3.57. The number of nitrogens with zero attached hydrogens (tertiary/aromatic N) is 1. The fourth-order valence-electron chi connectivity index (χ4n) is 3.27. The van der Waals surface area contributed by atoms with E-state index in [9.17, 15) is 0 Å². The van der Waals surface area contributed by atoms with Crippen molar-refractivity contribution in [2.45, 2.75) is 32.2 Å². The zero-order chi connectivity index (χ0) is 18.4. The molecule has 138 valence electrons. The Morgan fingerprint density at radius 2 is 1.81 bits per heavy atom. The molecule has 3 rings (SSSR count). The summed E-state index contributed by atoms with van der Waals surface area (Å²) in [6.45, 7) is 4.46. The Kier molecular flexibility index (Phi) is 6.34. The van der Waals surface area contributed by atoms with Gasteiger partial charge in [-0.2, -0.15) is 0 Å². The van der Waals surface area contributed by atoms with Crippen LogP contribution in [0.25, 0.3) is 0 Å². The van der Waals surface area contributed by atoms with Crippen molar-refractivity contribution in [2.24, 2.45) is 0 Å². The third-order valence-electron chi connectivity index (χ3n) is 4.79. The van der Waals surface area contributed by atoms with Crippen LogP contribution < -0.4 is 20.3 Å². The second-order valence-electron chi connectivity index (χ2n) is 6.69. The van der Waals surface area contributed by atoms with Crippen molar-refractivity contribution in [1.82, 2.24) is 5.32 Å². The second-order valence-corrected chi connectivity index (χ2v) is 7.10. The van der Waals surface area contributed by atoms with Gasteiger partial charge in [-0.15, -0.1) is 0 Å². The molecule has 0 unspecified atom stereocenters. The Morgan fingerprint density at radius 3 is 2.50 bits per heavy atom. The molecule has 0 spiro atoms. The van der Waals surface area contributed by atoms with E-state index in [1.807, 2.05) is 24.3 Å². The van der Waals surface area contributed by atoms with Gasteiger partial charge in [0.2, 0.25) is 0 Å². The Labute approximate surface area is 161 Å². The largest absolute Gasteiger partial charge is 0.497 e. The van der Waals surface area contributed by atoms with E-state index >= 15 is 0 Å². The molecule has 1 aliphatic rings. The molecule has 0 saturated carbocycles. The highest BCUT2D eigenvalue weighted by molar-refractivity contribution is 7.80. The van der Waals surface area contributed by atoms with E-state index in [1.165, 1.54) is 43.6 Å². The quantitative estimate of drug-likeness (QED) is 0.745. The molecule has 4 nitrogen and oxygen atoms in total. The number of nitrogens with one attached hydrogen (secondary N) is 2. The summed E-state index contributed by atoms with van der Waals surface area (Å²) in [5, 5.41) is 7.16. The van der Waals surface area contributed by atoms with E-state index in [2.05, 4.69) is 46.7 Å². The van der Waals surface area contributed by atoms with Crippen molar-refractivity contribution in [1.29, 1.82) is 0 Å². The number of hydrogen-bond acceptors (Lipinski definition) is 3. The maximum absolute atomic E-state index is 5.45. The number of rotatable bonds is 5. The van der Waals surface area contributed by atoms with Crippen molar-refractivity contribution < 1.29 is 4.74 Å². The molecule has 0 bridgehead atoms. The number of thiocarbonyl (C=S) groups is 1. The summed E-state index contributed by atoms with van der Waals surface area (Å²) < 4.78 is 5.24. The monoisotopic (exact) mass is 369 g/mol. The van der Waals surface area contributed by atoms with Crippen LogP contribution in [0.5, 0.6) is 5.75 Å². The third-order valence-corrected chi connectivity index (χ3v) is 5.01. The molecule has 1 atom stereocenters. The van der Waals surface area contributed by atoms with Gasteiger partial charge < -0.3 is 20.3 Å². The first-order chi connectivity index (χ1) is 12.7. The van der Waals surface area contributed by atoms with E-state index in [0.29, 0.717) is 5.11 Å². The average Bonchev–Trinajstić information content (AvgIpc) is 2.69. The third kappa shape index (κ3) is 4.88. The maximum Gasteiger partial charge on any atom is 0.171 e. The lowest BCUT2D eigenvalue weighted by Gasteiger charge is -2.29. The first-order valence-corrected chi connectivity index (χ1v) is 9.63. The second kappa shape index (κ2) is 8.90. The minimum absolute atomic E-state index is 0.135. The van der Waals surface area contributed by atoms with Crippen LogP contribution in [-0.4, -0.2) is 25.3 Å². The van der Waals surface area contributed by atoms with Gasteiger partial charge in [0.1, 0.15) is 5.75 Å². The molecule has 0 amide bonds. The fraction of sp³-hybridized carbons (Fsp3) is 0.381. The highest BCUT2D eigenvalue weighted by atomic mass is 32.1. The predicted octanol–water partition coefficient (Wildman–Crippen LogP) is 4.73. The molecule has 2 aromatic carbocycles. The van der Waals surface area contributed by atoms with Crippen LogP contribution in [0.4, 0.5) is 11.4 Å². The Morgan fingerprint density at radius 1 is 1.08 bits per heavy atom. The summed E-state index contributed by atoms with van der Waals surface area (Å²) >= 11 is 5.45. The summed E-state index contributed by atoms with van der Waals surface area (Å²) in [5.41, 5.74) is 3.45. The van der Waals surface area contributed by atoms with Crippen LogP contribution in [0, 0.1) is 0 Å². The molecular weight excluding hydrogens is 342 g/mol. The number of piperidine rings is 1. The van der Waals surface area contributed by atoms with Gasteiger partial charge in [0.25, 0.3) is 0 Å². The van der Waals surface area contributed by atoms with Gasteiger partial charge in [0.05, 0.1) is 13.2 Å². The number of ether oxygens (including phenoxy) is 1. The van der Waals surface area contributed by atoms with E-state index in [0.717, 1.165) is 11.4 Å². The molecule has 26 heavy (non-hydrogen) atoms. The smallest absolute Gasteiger partial charge is 0.171 e. The molecule has 0 aromatic heterocycles. The molecule has 1 aliphatic heterocycles. The molecule has 1 heterocycles. The lowest BCUT2D eigenvalue weighted by molar-refractivity contribution is 0.415. The van der Waals surface area contributed by atoms with Crippen LogP contribution in [0.1, 0.15) is 37.8 Å². The van der Waals surface area contributed by atoms with Crippen molar-refractivity contribution in [2.75, 3.05) is 30.4 Å². The van der Waals surface area contributed by atoms with Crippen LogP contribution in [-0.2, 0) is 0 Å². The number of methoxy groups -OCH3 is 1. The minimum Gasteiger partial charge on any atom is -0.497 e. The van der Waals surface area contributed by atoms with Gasteiger partial charge in [0, 0.05) is 30.5 Å². The number of hydrogen-bond donors (Lipinski definition) is 2. The van der Waals surface area contributed by atoms with Crippen LogP contribution >= 0.6 is 12.2 Å². The highest BCUT2D eigenvalue weighted by Gasteiger charge is 2.12. The SMILES string of the molecule is COc1cccc(NC(=S)N[C@H](C)c2ccc(N3CCCCC3)cc2)c1. The van der Waals surface area contributed by atoms with E-state index < -0.39 is 0 Å². The van der Waals surface area contributed by atoms with Gasteiger partial charge in [-0.3, -0.25) is 0 Å². The normalized spacial score (nSPS) is 15.2. The summed E-state index contributed by atoms with van der Waals surface area (Å²) in [7, 11) is 1.66. The summed E-state index contributed by atoms with van der Waals surface area (Å²) in [5.74, 6) is 0.805.